The summed E-state index contributed by atoms with van der Waals surface area (Å²) in [4.78, 5) is 12.0. The number of benzene rings is 1. The van der Waals surface area contributed by atoms with Gasteiger partial charge in [0.15, 0.2) is 0 Å². The molecular weight excluding hydrogens is 248 g/mol. The SMILES string of the molecule is COC(=O)c1cc(CC2CCCCC2)cc2c1CCC2. The summed E-state index contributed by atoms with van der Waals surface area (Å²) in [5, 5.41) is 0. The Hall–Kier alpha value is -1.31. The molecule has 0 N–H and O–H groups in total. The van der Waals surface area contributed by atoms with Crippen molar-refractivity contribution in [3.05, 3.63) is 34.4 Å². The van der Waals surface area contributed by atoms with Crippen LogP contribution in [0.25, 0.3) is 0 Å². The van der Waals surface area contributed by atoms with Gasteiger partial charge in [-0.15, -0.1) is 0 Å². The van der Waals surface area contributed by atoms with Gasteiger partial charge in [0.1, 0.15) is 0 Å². The predicted octanol–water partition coefficient (Wildman–Crippen LogP) is 4.08. The van der Waals surface area contributed by atoms with Crippen molar-refractivity contribution in [3.8, 4) is 0 Å². The Bertz CT molecular complexity index is 498. The lowest BCUT2D eigenvalue weighted by atomic mass is 9.84. The number of ether oxygens (including phenoxy) is 1. The van der Waals surface area contributed by atoms with E-state index in [9.17, 15) is 4.79 Å². The van der Waals surface area contributed by atoms with Crippen LogP contribution in [0.4, 0.5) is 0 Å². The Kier molecular flexibility index (Phi) is 4.09. The van der Waals surface area contributed by atoms with Gasteiger partial charge in [0.05, 0.1) is 12.7 Å². The maximum Gasteiger partial charge on any atom is 0.338 e. The van der Waals surface area contributed by atoms with Gasteiger partial charge in [-0.05, 0) is 54.4 Å². The van der Waals surface area contributed by atoms with E-state index in [2.05, 4.69) is 12.1 Å². The molecule has 20 heavy (non-hydrogen) atoms. The molecular formula is C18H24O2. The Morgan fingerprint density at radius 3 is 2.70 bits per heavy atom. The van der Waals surface area contributed by atoms with Crippen molar-refractivity contribution in [1.82, 2.24) is 0 Å². The molecule has 2 heteroatoms. The average molecular weight is 272 g/mol. The van der Waals surface area contributed by atoms with Crippen molar-refractivity contribution in [3.63, 3.8) is 0 Å². The number of carbonyl (C=O) groups excluding carboxylic acids is 1. The molecule has 0 unspecified atom stereocenters. The van der Waals surface area contributed by atoms with Crippen molar-refractivity contribution in [2.45, 2.75) is 57.8 Å². The lowest BCUT2D eigenvalue weighted by Crippen LogP contribution is -2.11. The molecule has 1 aromatic rings. The summed E-state index contributed by atoms with van der Waals surface area (Å²) < 4.78 is 4.97. The molecule has 0 bridgehead atoms. The minimum Gasteiger partial charge on any atom is -0.465 e. The molecule has 2 aliphatic rings. The minimum atomic E-state index is -0.159. The van der Waals surface area contributed by atoms with Crippen LogP contribution in [-0.2, 0) is 24.0 Å². The third-order valence-corrected chi connectivity index (χ3v) is 4.93. The van der Waals surface area contributed by atoms with Crippen molar-refractivity contribution in [2.75, 3.05) is 7.11 Å². The van der Waals surface area contributed by atoms with Crippen LogP contribution in [0.5, 0.6) is 0 Å². The van der Waals surface area contributed by atoms with E-state index in [-0.39, 0.29) is 5.97 Å². The zero-order chi connectivity index (χ0) is 13.9. The second-order valence-corrected chi connectivity index (χ2v) is 6.33. The maximum atomic E-state index is 12.0. The summed E-state index contributed by atoms with van der Waals surface area (Å²) in [7, 11) is 1.48. The molecule has 0 atom stereocenters. The second kappa shape index (κ2) is 5.99. The fraction of sp³-hybridized carbons (Fsp3) is 0.611. The van der Waals surface area contributed by atoms with Gasteiger partial charge in [0.25, 0.3) is 0 Å². The third kappa shape index (κ3) is 2.74. The first-order chi connectivity index (χ1) is 9.78. The molecule has 2 nitrogen and oxygen atoms in total. The summed E-state index contributed by atoms with van der Waals surface area (Å²) >= 11 is 0. The van der Waals surface area contributed by atoms with Gasteiger partial charge in [-0.3, -0.25) is 0 Å². The third-order valence-electron chi connectivity index (χ3n) is 4.93. The summed E-state index contributed by atoms with van der Waals surface area (Å²) in [6, 6.07) is 4.45. The van der Waals surface area contributed by atoms with E-state index in [4.69, 9.17) is 4.74 Å². The normalized spacial score (nSPS) is 18.9. The molecule has 0 heterocycles. The lowest BCUT2D eigenvalue weighted by molar-refractivity contribution is 0.0599. The number of rotatable bonds is 3. The Labute approximate surface area is 121 Å². The summed E-state index contributed by atoms with van der Waals surface area (Å²) in [6.45, 7) is 0. The van der Waals surface area contributed by atoms with E-state index >= 15 is 0 Å². The summed E-state index contributed by atoms with van der Waals surface area (Å²) in [6.07, 6.45) is 11.3. The maximum absolute atomic E-state index is 12.0. The minimum absolute atomic E-state index is 0.159. The standard InChI is InChI=1S/C18H24O2/c1-20-18(19)17-12-14(10-13-6-3-2-4-7-13)11-15-8-5-9-16(15)17/h11-13H,2-10H2,1H3. The largest absolute Gasteiger partial charge is 0.465 e. The topological polar surface area (TPSA) is 26.3 Å². The van der Waals surface area contributed by atoms with Gasteiger partial charge in [-0.2, -0.15) is 0 Å². The van der Waals surface area contributed by atoms with Crippen molar-refractivity contribution in [1.29, 1.82) is 0 Å². The van der Waals surface area contributed by atoms with Gasteiger partial charge >= 0.3 is 5.97 Å². The van der Waals surface area contributed by atoms with Gasteiger partial charge in [-0.25, -0.2) is 4.79 Å². The van der Waals surface area contributed by atoms with Crippen molar-refractivity contribution >= 4 is 5.97 Å². The Morgan fingerprint density at radius 1 is 1.15 bits per heavy atom. The molecule has 0 aromatic heterocycles. The van der Waals surface area contributed by atoms with Crippen LogP contribution >= 0.6 is 0 Å². The van der Waals surface area contributed by atoms with Crippen LogP contribution in [0.1, 0.15) is 65.6 Å². The van der Waals surface area contributed by atoms with E-state index in [1.165, 1.54) is 62.3 Å². The molecule has 0 amide bonds. The molecule has 2 aliphatic carbocycles. The van der Waals surface area contributed by atoms with Crippen LogP contribution in [0, 0.1) is 5.92 Å². The molecule has 1 saturated carbocycles. The monoisotopic (exact) mass is 272 g/mol. The number of esters is 1. The number of hydrogen-bond donors (Lipinski definition) is 0. The summed E-state index contributed by atoms with van der Waals surface area (Å²) in [5.74, 6) is 0.655. The number of aryl methyl sites for hydroxylation is 1. The first kappa shape index (κ1) is 13.7. The van der Waals surface area contributed by atoms with Crippen LogP contribution in [0.2, 0.25) is 0 Å². The second-order valence-electron chi connectivity index (χ2n) is 6.33. The lowest BCUT2D eigenvalue weighted by Gasteiger charge is -2.22. The van der Waals surface area contributed by atoms with Gasteiger partial charge in [0, 0.05) is 0 Å². The molecule has 0 aliphatic heterocycles. The molecule has 0 saturated heterocycles. The highest BCUT2D eigenvalue weighted by atomic mass is 16.5. The van der Waals surface area contributed by atoms with Gasteiger partial charge < -0.3 is 4.74 Å². The van der Waals surface area contributed by atoms with Crippen LogP contribution in [0.3, 0.4) is 0 Å². The number of methoxy groups -OCH3 is 1. The molecule has 1 aromatic carbocycles. The zero-order valence-electron chi connectivity index (χ0n) is 12.4. The van der Waals surface area contributed by atoms with E-state index in [1.807, 2.05) is 0 Å². The average Bonchev–Trinajstić information content (AvgIpc) is 2.95. The fourth-order valence-corrected chi connectivity index (χ4v) is 3.91. The zero-order valence-corrected chi connectivity index (χ0v) is 12.4. The van der Waals surface area contributed by atoms with Crippen LogP contribution in [-0.4, -0.2) is 13.1 Å². The first-order valence-corrected chi connectivity index (χ1v) is 8.01. The number of carbonyl (C=O) groups is 1. The van der Waals surface area contributed by atoms with E-state index in [0.29, 0.717) is 0 Å². The fourth-order valence-electron chi connectivity index (χ4n) is 3.91. The summed E-state index contributed by atoms with van der Waals surface area (Å²) in [5.41, 5.74) is 4.80. The highest BCUT2D eigenvalue weighted by Gasteiger charge is 2.22. The van der Waals surface area contributed by atoms with E-state index < -0.39 is 0 Å². The van der Waals surface area contributed by atoms with Crippen molar-refractivity contribution < 1.29 is 9.53 Å². The predicted molar refractivity (Wildman–Crippen MR) is 80.1 cm³/mol. The highest BCUT2D eigenvalue weighted by Crippen LogP contribution is 2.31. The molecule has 0 spiro atoms. The highest BCUT2D eigenvalue weighted by molar-refractivity contribution is 5.92. The van der Waals surface area contributed by atoms with Gasteiger partial charge in [-0.1, -0.05) is 38.2 Å². The van der Waals surface area contributed by atoms with E-state index in [0.717, 1.165) is 30.7 Å². The van der Waals surface area contributed by atoms with Gasteiger partial charge in [0.2, 0.25) is 0 Å². The molecule has 0 radical (unpaired) electrons. The Balaban J connectivity index is 1.85. The number of fused-ring (bicyclic) bond motifs is 1. The number of hydrogen-bond acceptors (Lipinski definition) is 2. The van der Waals surface area contributed by atoms with Crippen LogP contribution in [0.15, 0.2) is 12.1 Å². The Morgan fingerprint density at radius 2 is 1.95 bits per heavy atom. The van der Waals surface area contributed by atoms with E-state index in [1.54, 1.807) is 0 Å². The van der Waals surface area contributed by atoms with Crippen LogP contribution < -0.4 is 0 Å². The first-order valence-electron chi connectivity index (χ1n) is 8.01. The smallest absolute Gasteiger partial charge is 0.338 e. The molecule has 1 fully saturated rings. The molecule has 3 rings (SSSR count). The quantitative estimate of drug-likeness (QED) is 0.775. The molecule has 108 valence electrons. The van der Waals surface area contributed by atoms with Crippen molar-refractivity contribution in [2.24, 2.45) is 5.92 Å².